The number of nitrogens with zero attached hydrogens (tertiary/aromatic N) is 1. The molecule has 0 aliphatic rings. The highest BCUT2D eigenvalue weighted by Crippen LogP contribution is 2.15. The van der Waals surface area contributed by atoms with E-state index in [1.54, 1.807) is 0 Å². The van der Waals surface area contributed by atoms with Crippen molar-refractivity contribution in [3.63, 3.8) is 0 Å². The van der Waals surface area contributed by atoms with Crippen molar-refractivity contribution in [3.05, 3.63) is 12.7 Å². The molecule has 0 amide bonds. The van der Waals surface area contributed by atoms with E-state index in [9.17, 15) is 4.79 Å². The molecule has 0 aromatic heterocycles. The SMILES string of the molecule is C=CC(=O)OCC[N+](C)(C)C(C)CCCCCCC.[Cl-]. The zero-order valence-electron chi connectivity index (χ0n) is 13.7. The Balaban J connectivity index is 0. The van der Waals surface area contributed by atoms with Crippen LogP contribution in [0.4, 0.5) is 0 Å². The second-order valence-corrected chi connectivity index (χ2v) is 5.93. The van der Waals surface area contributed by atoms with Crippen molar-refractivity contribution in [2.45, 2.75) is 58.4 Å². The monoisotopic (exact) mass is 305 g/mol. The number of esters is 1. The molecule has 0 aliphatic heterocycles. The molecule has 0 bridgehead atoms. The van der Waals surface area contributed by atoms with E-state index < -0.39 is 0 Å². The molecule has 1 atom stereocenters. The zero-order chi connectivity index (χ0) is 14.7. The lowest BCUT2D eigenvalue weighted by Gasteiger charge is -2.36. The lowest BCUT2D eigenvalue weighted by Crippen LogP contribution is -3.00. The predicted octanol–water partition coefficient (Wildman–Crippen LogP) is 0.545. The average Bonchev–Trinajstić information content (AvgIpc) is 2.37. The molecule has 0 aromatic carbocycles. The molecule has 0 N–H and O–H groups in total. The predicted molar refractivity (Wildman–Crippen MR) is 81.0 cm³/mol. The number of carbonyl (C=O) groups is 1. The maximum atomic E-state index is 11.0. The number of carbonyl (C=O) groups excluding carboxylic acids is 1. The van der Waals surface area contributed by atoms with Gasteiger partial charge in [0.25, 0.3) is 0 Å². The number of ether oxygens (including phenoxy) is 1. The van der Waals surface area contributed by atoms with Gasteiger partial charge in [0.1, 0.15) is 13.2 Å². The topological polar surface area (TPSA) is 26.3 Å². The van der Waals surface area contributed by atoms with Gasteiger partial charge in [0, 0.05) is 6.08 Å². The van der Waals surface area contributed by atoms with Gasteiger partial charge in [0.05, 0.1) is 20.1 Å². The highest BCUT2D eigenvalue weighted by Gasteiger charge is 2.23. The van der Waals surface area contributed by atoms with Crippen LogP contribution in [0.5, 0.6) is 0 Å². The fourth-order valence-corrected chi connectivity index (χ4v) is 2.05. The lowest BCUT2D eigenvalue weighted by atomic mass is 10.1. The van der Waals surface area contributed by atoms with Gasteiger partial charge in [-0.15, -0.1) is 0 Å². The minimum Gasteiger partial charge on any atom is -1.00 e. The number of hydrogen-bond acceptors (Lipinski definition) is 2. The second kappa shape index (κ2) is 12.2. The second-order valence-electron chi connectivity index (χ2n) is 5.93. The first kappa shape index (κ1) is 21.8. The first-order valence-electron chi connectivity index (χ1n) is 7.56. The molecule has 0 aliphatic carbocycles. The summed E-state index contributed by atoms with van der Waals surface area (Å²) in [6.07, 6.45) is 9.10. The Kier molecular flexibility index (Phi) is 13.3. The molecule has 0 heterocycles. The van der Waals surface area contributed by atoms with Crippen molar-refractivity contribution in [1.29, 1.82) is 0 Å². The van der Waals surface area contributed by atoms with Crippen LogP contribution < -0.4 is 12.4 Å². The summed E-state index contributed by atoms with van der Waals surface area (Å²) < 4.78 is 5.96. The number of hydrogen-bond donors (Lipinski definition) is 0. The third-order valence-electron chi connectivity index (χ3n) is 4.00. The highest BCUT2D eigenvalue weighted by molar-refractivity contribution is 5.81. The molecule has 0 rings (SSSR count). The van der Waals surface area contributed by atoms with Crippen LogP contribution in [0.2, 0.25) is 0 Å². The Morgan fingerprint density at radius 1 is 1.25 bits per heavy atom. The zero-order valence-corrected chi connectivity index (χ0v) is 14.4. The van der Waals surface area contributed by atoms with Gasteiger partial charge < -0.3 is 21.6 Å². The van der Waals surface area contributed by atoms with Crippen molar-refractivity contribution >= 4 is 5.97 Å². The quantitative estimate of drug-likeness (QED) is 0.241. The summed E-state index contributed by atoms with van der Waals surface area (Å²) in [5, 5.41) is 0. The summed E-state index contributed by atoms with van der Waals surface area (Å²) in [6, 6.07) is 0.601. The van der Waals surface area contributed by atoms with E-state index in [-0.39, 0.29) is 18.4 Å². The molecule has 0 spiro atoms. The summed E-state index contributed by atoms with van der Waals surface area (Å²) in [7, 11) is 4.41. The van der Waals surface area contributed by atoms with Crippen LogP contribution >= 0.6 is 0 Å². The maximum Gasteiger partial charge on any atom is 0.330 e. The van der Waals surface area contributed by atoms with Crippen LogP contribution in [0.1, 0.15) is 52.4 Å². The molecule has 3 nitrogen and oxygen atoms in total. The van der Waals surface area contributed by atoms with Crippen LogP contribution in [0.15, 0.2) is 12.7 Å². The molecule has 0 saturated heterocycles. The summed E-state index contributed by atoms with van der Waals surface area (Å²) in [4.78, 5) is 11.0. The smallest absolute Gasteiger partial charge is 0.330 e. The van der Waals surface area contributed by atoms with Crippen molar-refractivity contribution < 1.29 is 26.4 Å². The third-order valence-corrected chi connectivity index (χ3v) is 4.00. The van der Waals surface area contributed by atoms with Crippen LogP contribution in [0.3, 0.4) is 0 Å². The Morgan fingerprint density at radius 2 is 1.85 bits per heavy atom. The Morgan fingerprint density at radius 3 is 2.40 bits per heavy atom. The van der Waals surface area contributed by atoms with Crippen molar-refractivity contribution in [1.82, 2.24) is 0 Å². The minimum absolute atomic E-state index is 0. The van der Waals surface area contributed by atoms with Gasteiger partial charge in [-0.1, -0.05) is 39.2 Å². The summed E-state index contributed by atoms with van der Waals surface area (Å²) >= 11 is 0. The first-order chi connectivity index (χ1) is 8.94. The van der Waals surface area contributed by atoms with Crippen LogP contribution in [0.25, 0.3) is 0 Å². The Labute approximate surface area is 131 Å². The molecule has 0 radical (unpaired) electrons. The summed E-state index contributed by atoms with van der Waals surface area (Å²) in [5.74, 6) is -0.327. The molecule has 0 fully saturated rings. The van der Waals surface area contributed by atoms with Gasteiger partial charge in [-0.25, -0.2) is 4.79 Å². The molecular formula is C16H32ClNO2. The van der Waals surface area contributed by atoms with Gasteiger partial charge in [0.15, 0.2) is 0 Å². The van der Waals surface area contributed by atoms with Crippen LogP contribution in [-0.4, -0.2) is 43.7 Å². The van der Waals surface area contributed by atoms with E-state index in [1.165, 1.54) is 44.6 Å². The molecule has 1 unspecified atom stereocenters. The lowest BCUT2D eigenvalue weighted by molar-refractivity contribution is -0.913. The molecular weight excluding hydrogens is 274 g/mol. The van der Waals surface area contributed by atoms with E-state index in [2.05, 4.69) is 34.5 Å². The molecule has 20 heavy (non-hydrogen) atoms. The normalized spacial score (nSPS) is 12.4. The van der Waals surface area contributed by atoms with Crippen molar-refractivity contribution in [2.24, 2.45) is 0 Å². The van der Waals surface area contributed by atoms with E-state index in [0.717, 1.165) is 11.0 Å². The van der Waals surface area contributed by atoms with Crippen molar-refractivity contribution in [3.8, 4) is 0 Å². The molecule has 0 saturated carbocycles. The van der Waals surface area contributed by atoms with Gasteiger partial charge in [0.2, 0.25) is 0 Å². The number of unbranched alkanes of at least 4 members (excludes halogenated alkanes) is 4. The maximum absolute atomic E-state index is 11.0. The number of halogens is 1. The van der Waals surface area contributed by atoms with Gasteiger partial charge in [-0.2, -0.15) is 0 Å². The van der Waals surface area contributed by atoms with Gasteiger partial charge >= 0.3 is 5.97 Å². The Hall–Kier alpha value is -0.540. The van der Waals surface area contributed by atoms with E-state index in [0.29, 0.717) is 12.6 Å². The summed E-state index contributed by atoms with van der Waals surface area (Å²) in [6.45, 7) is 9.25. The van der Waals surface area contributed by atoms with Gasteiger partial charge in [-0.05, 0) is 19.8 Å². The van der Waals surface area contributed by atoms with E-state index >= 15 is 0 Å². The first-order valence-corrected chi connectivity index (χ1v) is 7.56. The summed E-state index contributed by atoms with van der Waals surface area (Å²) in [5.41, 5.74) is 0. The minimum atomic E-state index is -0.327. The highest BCUT2D eigenvalue weighted by atomic mass is 35.5. The van der Waals surface area contributed by atoms with Crippen LogP contribution in [0, 0.1) is 0 Å². The fraction of sp³-hybridized carbons (Fsp3) is 0.812. The van der Waals surface area contributed by atoms with E-state index in [4.69, 9.17) is 4.74 Å². The molecule has 0 aromatic rings. The molecule has 4 heteroatoms. The third kappa shape index (κ3) is 10.3. The van der Waals surface area contributed by atoms with Crippen LogP contribution in [-0.2, 0) is 9.53 Å². The largest absolute Gasteiger partial charge is 1.00 e. The molecule has 120 valence electrons. The number of likely N-dealkylation sites (N-methyl/N-ethyl adjacent to an activating group) is 1. The Bertz CT molecular complexity index is 267. The average molecular weight is 306 g/mol. The van der Waals surface area contributed by atoms with Crippen molar-refractivity contribution in [2.75, 3.05) is 27.2 Å². The number of rotatable bonds is 11. The van der Waals surface area contributed by atoms with Gasteiger partial charge in [-0.3, -0.25) is 0 Å². The number of quaternary nitrogens is 1. The van der Waals surface area contributed by atoms with E-state index in [1.807, 2.05) is 0 Å². The fourth-order valence-electron chi connectivity index (χ4n) is 2.05. The standard InChI is InChI=1S/C16H32NO2.ClH/c1-6-8-9-10-11-12-15(3)17(4,5)13-14-19-16(18)7-2;/h7,15H,2,6,8-14H2,1,3-5H3;1H/q+1;/p-1.